The molecule has 0 atom stereocenters. The average Bonchev–Trinajstić information content (AvgIpc) is 1.85. The number of hydrogen-bond donors (Lipinski definition) is 1. The van der Waals surface area contributed by atoms with Crippen molar-refractivity contribution in [3.05, 3.63) is 12.2 Å². The molecule has 2 nitrogen and oxygen atoms in total. The van der Waals surface area contributed by atoms with Crippen molar-refractivity contribution >= 4 is 0 Å². The number of methoxy groups -OCH3 is 1. The topological polar surface area (TPSA) is 21.3 Å². The van der Waals surface area contributed by atoms with E-state index in [9.17, 15) is 0 Å². The van der Waals surface area contributed by atoms with Gasteiger partial charge in [-0.3, -0.25) is 0 Å². The van der Waals surface area contributed by atoms with Gasteiger partial charge >= 0.3 is 0 Å². The fourth-order valence-corrected chi connectivity index (χ4v) is 0.585. The Hall–Kier alpha value is -0.340. The molecule has 2 heteroatoms. The van der Waals surface area contributed by atoms with Crippen molar-refractivity contribution < 1.29 is 4.74 Å². The average molecular weight is 129 g/mol. The van der Waals surface area contributed by atoms with E-state index >= 15 is 0 Å². The highest BCUT2D eigenvalue weighted by Gasteiger charge is 1.89. The van der Waals surface area contributed by atoms with Gasteiger partial charge in [0.05, 0.1) is 0 Å². The van der Waals surface area contributed by atoms with Gasteiger partial charge in [0.25, 0.3) is 0 Å². The Bertz CT molecular complexity index is 81.0. The van der Waals surface area contributed by atoms with Crippen LogP contribution in [0.2, 0.25) is 0 Å². The van der Waals surface area contributed by atoms with Crippen molar-refractivity contribution in [3.63, 3.8) is 0 Å². The maximum absolute atomic E-state index is 4.87. The van der Waals surface area contributed by atoms with E-state index in [1.54, 1.807) is 7.11 Å². The van der Waals surface area contributed by atoms with E-state index in [1.165, 1.54) is 5.57 Å². The fraction of sp³-hybridized carbons (Fsp3) is 0.714. The van der Waals surface area contributed by atoms with Gasteiger partial charge in [0, 0.05) is 20.3 Å². The predicted octanol–water partition coefficient (Wildman–Crippen LogP) is 0.798. The molecule has 0 radical (unpaired) electrons. The Kier molecular flexibility index (Phi) is 5.57. The molecule has 0 heterocycles. The molecular weight excluding hydrogens is 114 g/mol. The predicted molar refractivity (Wildman–Crippen MR) is 39.6 cm³/mol. The van der Waals surface area contributed by atoms with Gasteiger partial charge in [0.2, 0.25) is 0 Å². The lowest BCUT2D eigenvalue weighted by atomic mass is 10.2. The van der Waals surface area contributed by atoms with Gasteiger partial charge in [-0.2, -0.15) is 0 Å². The molecule has 0 aliphatic carbocycles. The number of likely N-dealkylation sites (N-methyl/N-ethyl adjacent to an activating group) is 1. The summed E-state index contributed by atoms with van der Waals surface area (Å²) in [7, 11) is 3.62. The second-order valence-electron chi connectivity index (χ2n) is 2.02. The summed E-state index contributed by atoms with van der Waals surface area (Å²) < 4.78 is 4.87. The molecule has 54 valence electrons. The van der Waals surface area contributed by atoms with Gasteiger partial charge in [0.15, 0.2) is 0 Å². The third-order valence-corrected chi connectivity index (χ3v) is 1.09. The Balaban J connectivity index is 3.06. The zero-order valence-corrected chi connectivity index (χ0v) is 6.24. The monoisotopic (exact) mass is 129 g/mol. The van der Waals surface area contributed by atoms with Crippen LogP contribution in [0.5, 0.6) is 0 Å². The van der Waals surface area contributed by atoms with E-state index in [2.05, 4.69) is 11.9 Å². The summed E-state index contributed by atoms with van der Waals surface area (Å²) in [6.45, 7) is 5.51. The SMILES string of the molecule is C=C(CCOC)CNC. The molecule has 9 heavy (non-hydrogen) atoms. The van der Waals surface area contributed by atoms with E-state index in [4.69, 9.17) is 4.74 Å². The lowest BCUT2D eigenvalue weighted by molar-refractivity contribution is 0.202. The molecule has 0 saturated carbocycles. The van der Waals surface area contributed by atoms with Crippen LogP contribution in [-0.4, -0.2) is 27.3 Å². The first-order valence-electron chi connectivity index (χ1n) is 3.11. The number of rotatable bonds is 5. The van der Waals surface area contributed by atoms with Crippen molar-refractivity contribution in [2.45, 2.75) is 6.42 Å². The third kappa shape index (κ3) is 5.53. The molecule has 0 amide bonds. The lowest BCUT2D eigenvalue weighted by Crippen LogP contribution is -2.10. The van der Waals surface area contributed by atoms with Crippen molar-refractivity contribution in [1.29, 1.82) is 0 Å². The van der Waals surface area contributed by atoms with E-state index in [-0.39, 0.29) is 0 Å². The van der Waals surface area contributed by atoms with E-state index < -0.39 is 0 Å². The molecule has 0 aliphatic rings. The summed E-state index contributed by atoms with van der Waals surface area (Å²) in [6.07, 6.45) is 0.956. The zero-order valence-electron chi connectivity index (χ0n) is 6.24. The van der Waals surface area contributed by atoms with Gasteiger partial charge in [0.1, 0.15) is 0 Å². The summed E-state index contributed by atoms with van der Waals surface area (Å²) in [5.74, 6) is 0. The molecule has 0 aliphatic heterocycles. The minimum absolute atomic E-state index is 0.778. The summed E-state index contributed by atoms with van der Waals surface area (Å²) in [6, 6.07) is 0. The first-order chi connectivity index (χ1) is 4.31. The minimum atomic E-state index is 0.778. The van der Waals surface area contributed by atoms with E-state index in [1.807, 2.05) is 7.05 Å². The highest BCUT2D eigenvalue weighted by atomic mass is 16.5. The molecule has 0 aromatic heterocycles. The molecule has 0 aromatic carbocycles. The number of hydrogen-bond acceptors (Lipinski definition) is 2. The van der Waals surface area contributed by atoms with E-state index in [0.717, 1.165) is 19.6 Å². The molecule has 0 spiro atoms. The molecular formula is C7H15NO. The van der Waals surface area contributed by atoms with Crippen LogP contribution in [-0.2, 0) is 4.74 Å². The van der Waals surface area contributed by atoms with Crippen LogP contribution in [0.1, 0.15) is 6.42 Å². The van der Waals surface area contributed by atoms with Crippen molar-refractivity contribution in [1.82, 2.24) is 5.32 Å². The summed E-state index contributed by atoms with van der Waals surface area (Å²) in [5, 5.41) is 3.02. The van der Waals surface area contributed by atoms with Crippen LogP contribution in [0.25, 0.3) is 0 Å². The first-order valence-corrected chi connectivity index (χ1v) is 3.11. The number of ether oxygens (including phenoxy) is 1. The minimum Gasteiger partial charge on any atom is -0.384 e. The Morgan fingerprint density at radius 1 is 1.67 bits per heavy atom. The Morgan fingerprint density at radius 2 is 2.33 bits per heavy atom. The van der Waals surface area contributed by atoms with Crippen molar-refractivity contribution in [2.24, 2.45) is 0 Å². The quantitative estimate of drug-likeness (QED) is 0.554. The zero-order chi connectivity index (χ0) is 7.11. The fourth-order valence-electron chi connectivity index (χ4n) is 0.585. The lowest BCUT2D eigenvalue weighted by Gasteiger charge is -2.01. The van der Waals surface area contributed by atoms with Gasteiger partial charge in [-0.15, -0.1) is 0 Å². The third-order valence-electron chi connectivity index (χ3n) is 1.09. The first kappa shape index (κ1) is 8.66. The van der Waals surface area contributed by atoms with Gasteiger partial charge in [-0.05, 0) is 13.5 Å². The van der Waals surface area contributed by atoms with Crippen LogP contribution < -0.4 is 5.32 Å². The standard InChI is InChI=1S/C7H15NO/c1-7(6-8-2)4-5-9-3/h8H,1,4-6H2,2-3H3. The Labute approximate surface area is 56.9 Å². The molecule has 0 saturated heterocycles. The summed E-state index contributed by atoms with van der Waals surface area (Å²) >= 11 is 0. The van der Waals surface area contributed by atoms with Gasteiger partial charge < -0.3 is 10.1 Å². The maximum atomic E-state index is 4.87. The summed E-state index contributed by atoms with van der Waals surface area (Å²) in [5.41, 5.74) is 1.19. The van der Waals surface area contributed by atoms with Crippen molar-refractivity contribution in [3.8, 4) is 0 Å². The molecule has 0 fully saturated rings. The second kappa shape index (κ2) is 5.79. The Morgan fingerprint density at radius 3 is 2.78 bits per heavy atom. The van der Waals surface area contributed by atoms with Crippen molar-refractivity contribution in [2.75, 3.05) is 27.3 Å². The van der Waals surface area contributed by atoms with Gasteiger partial charge in [-0.25, -0.2) is 0 Å². The molecule has 0 rings (SSSR count). The normalized spacial score (nSPS) is 9.56. The molecule has 0 unspecified atom stereocenters. The highest BCUT2D eigenvalue weighted by Crippen LogP contribution is 1.94. The largest absolute Gasteiger partial charge is 0.384 e. The van der Waals surface area contributed by atoms with Gasteiger partial charge in [-0.1, -0.05) is 12.2 Å². The molecule has 0 bridgehead atoms. The molecule has 1 N–H and O–H groups in total. The van der Waals surface area contributed by atoms with Crippen LogP contribution in [0, 0.1) is 0 Å². The van der Waals surface area contributed by atoms with Crippen LogP contribution in [0.4, 0.5) is 0 Å². The van der Waals surface area contributed by atoms with E-state index in [0.29, 0.717) is 0 Å². The van der Waals surface area contributed by atoms with Crippen LogP contribution in [0.3, 0.4) is 0 Å². The smallest absolute Gasteiger partial charge is 0.0499 e. The molecule has 0 aromatic rings. The van der Waals surface area contributed by atoms with Crippen LogP contribution in [0.15, 0.2) is 12.2 Å². The second-order valence-corrected chi connectivity index (χ2v) is 2.02. The number of nitrogens with one attached hydrogen (secondary N) is 1. The highest BCUT2D eigenvalue weighted by molar-refractivity contribution is 4.95. The summed E-state index contributed by atoms with van der Waals surface area (Å²) in [4.78, 5) is 0. The van der Waals surface area contributed by atoms with Crippen LogP contribution >= 0.6 is 0 Å². The maximum Gasteiger partial charge on any atom is 0.0499 e.